The van der Waals surface area contributed by atoms with Gasteiger partial charge in [0.1, 0.15) is 5.75 Å². The Labute approximate surface area is 129 Å². The van der Waals surface area contributed by atoms with Gasteiger partial charge in [0.2, 0.25) is 0 Å². The van der Waals surface area contributed by atoms with Crippen molar-refractivity contribution >= 4 is 5.69 Å². The number of nitrogens with zero attached hydrogens (tertiary/aromatic N) is 1. The van der Waals surface area contributed by atoms with Crippen LogP contribution < -0.4 is 15.0 Å². The fourth-order valence-electron chi connectivity index (χ4n) is 3.04. The van der Waals surface area contributed by atoms with Crippen molar-refractivity contribution in [1.82, 2.24) is 5.32 Å². The van der Waals surface area contributed by atoms with Crippen LogP contribution in [0.25, 0.3) is 0 Å². The summed E-state index contributed by atoms with van der Waals surface area (Å²) >= 11 is 0. The number of ether oxygens (including phenoxy) is 1. The van der Waals surface area contributed by atoms with Gasteiger partial charge in [0.15, 0.2) is 0 Å². The second-order valence-corrected chi connectivity index (χ2v) is 6.66. The van der Waals surface area contributed by atoms with Crippen molar-refractivity contribution in [2.45, 2.75) is 52.6 Å². The predicted octanol–water partition coefficient (Wildman–Crippen LogP) is 3.69. The Hall–Kier alpha value is -1.22. The van der Waals surface area contributed by atoms with Gasteiger partial charge in [0, 0.05) is 36.4 Å². The highest BCUT2D eigenvalue weighted by atomic mass is 16.5. The van der Waals surface area contributed by atoms with Crippen molar-refractivity contribution in [1.29, 1.82) is 0 Å². The molecule has 1 aromatic rings. The quantitative estimate of drug-likeness (QED) is 0.895. The van der Waals surface area contributed by atoms with Crippen molar-refractivity contribution < 1.29 is 4.74 Å². The van der Waals surface area contributed by atoms with Crippen LogP contribution in [0.5, 0.6) is 5.75 Å². The summed E-state index contributed by atoms with van der Waals surface area (Å²) in [5, 5.41) is 3.74. The zero-order chi connectivity index (χ0) is 15.5. The van der Waals surface area contributed by atoms with Crippen molar-refractivity contribution in [3.63, 3.8) is 0 Å². The van der Waals surface area contributed by atoms with Crippen molar-refractivity contribution in [2.75, 3.05) is 24.6 Å². The molecule has 3 nitrogen and oxygen atoms in total. The lowest BCUT2D eigenvalue weighted by Gasteiger charge is -2.48. The maximum Gasteiger partial charge on any atom is 0.121 e. The van der Waals surface area contributed by atoms with Gasteiger partial charge in [0.25, 0.3) is 0 Å². The first-order chi connectivity index (χ1) is 9.99. The fourth-order valence-corrected chi connectivity index (χ4v) is 3.04. The standard InChI is InChI=1S/C18H30N2O/c1-6-18(5)13-20(17(12-19-18)14(3)4)15-9-8-10-16(11-15)21-7-2/h8-11,14,17,19H,6-7,12-13H2,1-5H3. The summed E-state index contributed by atoms with van der Waals surface area (Å²) in [7, 11) is 0. The van der Waals surface area contributed by atoms with Crippen molar-refractivity contribution in [3.05, 3.63) is 24.3 Å². The summed E-state index contributed by atoms with van der Waals surface area (Å²) < 4.78 is 5.67. The molecule has 0 radical (unpaired) electrons. The monoisotopic (exact) mass is 290 g/mol. The molecule has 0 bridgehead atoms. The van der Waals surface area contributed by atoms with E-state index in [1.165, 1.54) is 5.69 Å². The molecule has 1 heterocycles. The largest absolute Gasteiger partial charge is 0.494 e. The van der Waals surface area contributed by atoms with Crippen LogP contribution in [-0.2, 0) is 0 Å². The van der Waals surface area contributed by atoms with Crippen LogP contribution >= 0.6 is 0 Å². The highest BCUT2D eigenvalue weighted by molar-refractivity contribution is 5.52. The minimum atomic E-state index is 0.188. The van der Waals surface area contributed by atoms with Crippen LogP contribution in [0.1, 0.15) is 41.0 Å². The third kappa shape index (κ3) is 3.70. The first kappa shape index (κ1) is 16.2. The van der Waals surface area contributed by atoms with Gasteiger partial charge in [-0.05, 0) is 38.3 Å². The number of hydrogen-bond acceptors (Lipinski definition) is 3. The van der Waals surface area contributed by atoms with E-state index in [1.54, 1.807) is 0 Å². The Morgan fingerprint density at radius 1 is 1.38 bits per heavy atom. The molecule has 0 aromatic heterocycles. The van der Waals surface area contributed by atoms with E-state index < -0.39 is 0 Å². The molecular weight excluding hydrogens is 260 g/mol. The van der Waals surface area contributed by atoms with Gasteiger partial charge in [0.05, 0.1) is 6.61 Å². The van der Waals surface area contributed by atoms with Gasteiger partial charge in [-0.25, -0.2) is 0 Å². The SMILES string of the molecule is CCOc1cccc(N2CC(C)(CC)NCC2C(C)C)c1. The van der Waals surface area contributed by atoms with E-state index in [9.17, 15) is 0 Å². The highest BCUT2D eigenvalue weighted by Gasteiger charge is 2.35. The zero-order valence-electron chi connectivity index (χ0n) is 14.1. The Morgan fingerprint density at radius 3 is 2.76 bits per heavy atom. The average molecular weight is 290 g/mol. The van der Waals surface area contributed by atoms with Gasteiger partial charge in [-0.2, -0.15) is 0 Å². The number of rotatable bonds is 5. The van der Waals surface area contributed by atoms with Gasteiger partial charge < -0.3 is 15.0 Å². The van der Waals surface area contributed by atoms with E-state index in [2.05, 4.69) is 56.1 Å². The van der Waals surface area contributed by atoms with Crippen LogP contribution in [0.2, 0.25) is 0 Å². The number of piperazine rings is 1. The molecule has 3 heteroatoms. The molecule has 2 unspecified atom stereocenters. The van der Waals surface area contributed by atoms with Gasteiger partial charge in [-0.3, -0.25) is 0 Å². The normalized spacial score (nSPS) is 26.2. The zero-order valence-corrected chi connectivity index (χ0v) is 14.1. The Morgan fingerprint density at radius 2 is 2.14 bits per heavy atom. The molecule has 1 aromatic carbocycles. The molecule has 1 aliphatic heterocycles. The number of anilines is 1. The summed E-state index contributed by atoms with van der Waals surface area (Å²) in [6, 6.07) is 9.06. The third-order valence-electron chi connectivity index (χ3n) is 4.67. The molecular formula is C18H30N2O. The molecule has 2 rings (SSSR count). The minimum absolute atomic E-state index is 0.188. The highest BCUT2D eigenvalue weighted by Crippen LogP contribution is 2.30. The molecule has 0 amide bonds. The lowest BCUT2D eigenvalue weighted by molar-refractivity contribution is 0.252. The molecule has 2 atom stereocenters. The second kappa shape index (κ2) is 6.69. The number of hydrogen-bond donors (Lipinski definition) is 1. The van der Waals surface area contributed by atoms with Crippen LogP contribution in [0.15, 0.2) is 24.3 Å². The molecule has 0 aliphatic carbocycles. The second-order valence-electron chi connectivity index (χ2n) is 6.66. The smallest absolute Gasteiger partial charge is 0.121 e. The third-order valence-corrected chi connectivity index (χ3v) is 4.67. The van der Waals surface area contributed by atoms with Crippen LogP contribution in [0.4, 0.5) is 5.69 Å². The molecule has 0 spiro atoms. The van der Waals surface area contributed by atoms with Gasteiger partial charge in [-0.15, -0.1) is 0 Å². The summed E-state index contributed by atoms with van der Waals surface area (Å²) in [6.07, 6.45) is 1.14. The first-order valence-corrected chi connectivity index (χ1v) is 8.23. The molecule has 1 N–H and O–H groups in total. The van der Waals surface area contributed by atoms with E-state index in [0.717, 1.165) is 25.3 Å². The van der Waals surface area contributed by atoms with E-state index in [4.69, 9.17) is 4.74 Å². The van der Waals surface area contributed by atoms with Crippen molar-refractivity contribution in [2.24, 2.45) is 5.92 Å². The molecule has 0 saturated carbocycles. The van der Waals surface area contributed by atoms with Crippen LogP contribution in [0, 0.1) is 5.92 Å². The lowest BCUT2D eigenvalue weighted by atomic mass is 9.89. The van der Waals surface area contributed by atoms with Crippen LogP contribution in [-0.4, -0.2) is 31.3 Å². The van der Waals surface area contributed by atoms with E-state index >= 15 is 0 Å². The predicted molar refractivity (Wildman–Crippen MR) is 90.3 cm³/mol. The first-order valence-electron chi connectivity index (χ1n) is 8.23. The van der Waals surface area contributed by atoms with Crippen LogP contribution in [0.3, 0.4) is 0 Å². The number of benzene rings is 1. The lowest BCUT2D eigenvalue weighted by Crippen LogP contribution is -2.64. The topological polar surface area (TPSA) is 24.5 Å². The van der Waals surface area contributed by atoms with E-state index in [-0.39, 0.29) is 5.54 Å². The van der Waals surface area contributed by atoms with E-state index in [1.807, 2.05) is 13.0 Å². The average Bonchev–Trinajstić information content (AvgIpc) is 2.47. The summed E-state index contributed by atoms with van der Waals surface area (Å²) in [6.45, 7) is 14.0. The summed E-state index contributed by atoms with van der Waals surface area (Å²) in [5.74, 6) is 1.59. The number of nitrogens with one attached hydrogen (secondary N) is 1. The van der Waals surface area contributed by atoms with Gasteiger partial charge in [-0.1, -0.05) is 26.8 Å². The van der Waals surface area contributed by atoms with E-state index in [0.29, 0.717) is 18.6 Å². The summed E-state index contributed by atoms with van der Waals surface area (Å²) in [5.41, 5.74) is 1.47. The maximum atomic E-state index is 5.67. The summed E-state index contributed by atoms with van der Waals surface area (Å²) in [4.78, 5) is 2.56. The fraction of sp³-hybridized carbons (Fsp3) is 0.667. The molecule has 118 valence electrons. The molecule has 1 saturated heterocycles. The van der Waals surface area contributed by atoms with Crippen molar-refractivity contribution in [3.8, 4) is 5.75 Å². The minimum Gasteiger partial charge on any atom is -0.494 e. The molecule has 21 heavy (non-hydrogen) atoms. The Bertz CT molecular complexity index is 460. The van der Waals surface area contributed by atoms with Gasteiger partial charge >= 0.3 is 0 Å². The molecule has 1 fully saturated rings. The Balaban J connectivity index is 2.28. The molecule has 1 aliphatic rings. The Kier molecular flexibility index (Phi) is 5.15. The maximum absolute atomic E-state index is 5.67.